The summed E-state index contributed by atoms with van der Waals surface area (Å²) in [6.07, 6.45) is 15.8. The molecular formula is C34H34N2O. The number of allylic oxidation sites excluding steroid dienone is 4. The van der Waals surface area contributed by atoms with Gasteiger partial charge in [0.2, 0.25) is 0 Å². The van der Waals surface area contributed by atoms with Crippen LogP contribution in [0.1, 0.15) is 61.7 Å². The van der Waals surface area contributed by atoms with Crippen LogP contribution in [0.2, 0.25) is 0 Å². The van der Waals surface area contributed by atoms with Gasteiger partial charge in [0.25, 0.3) is 0 Å². The third-order valence-corrected chi connectivity index (χ3v) is 8.91. The Morgan fingerprint density at radius 3 is 2.65 bits per heavy atom. The first-order valence-electron chi connectivity index (χ1n) is 13.7. The molecule has 1 N–H and O–H groups in total. The summed E-state index contributed by atoms with van der Waals surface area (Å²) >= 11 is 0. The Morgan fingerprint density at radius 2 is 1.84 bits per heavy atom. The molecule has 3 heterocycles. The van der Waals surface area contributed by atoms with Gasteiger partial charge in [0.15, 0.2) is 0 Å². The first-order chi connectivity index (χ1) is 18.0. The maximum absolute atomic E-state index is 6.31. The number of hydrogen-bond donors (Lipinski definition) is 1. The van der Waals surface area contributed by atoms with Crippen molar-refractivity contribution in [1.82, 2.24) is 10.3 Å². The highest BCUT2D eigenvalue weighted by Crippen LogP contribution is 2.57. The highest BCUT2D eigenvalue weighted by atomic mass is 16.5. The number of ether oxygens (including phenoxy) is 1. The average molecular weight is 487 g/mol. The molecule has 0 bridgehead atoms. The maximum Gasteiger partial charge on any atom is 0.123 e. The molecule has 4 aliphatic rings. The second-order valence-corrected chi connectivity index (χ2v) is 11.6. The van der Waals surface area contributed by atoms with Gasteiger partial charge in [-0.25, -0.2) is 0 Å². The van der Waals surface area contributed by atoms with Crippen LogP contribution in [0.25, 0.3) is 11.1 Å². The third-order valence-electron chi connectivity index (χ3n) is 8.91. The van der Waals surface area contributed by atoms with E-state index in [9.17, 15) is 0 Å². The predicted octanol–water partition coefficient (Wildman–Crippen LogP) is 7.42. The van der Waals surface area contributed by atoms with Crippen LogP contribution in [0.3, 0.4) is 0 Å². The van der Waals surface area contributed by atoms with Crippen molar-refractivity contribution in [2.75, 3.05) is 0 Å². The fraction of sp³-hybridized carbons (Fsp3) is 0.324. The average Bonchev–Trinajstić information content (AvgIpc) is 3.29. The Kier molecular flexibility index (Phi) is 5.26. The van der Waals surface area contributed by atoms with E-state index in [0.29, 0.717) is 5.92 Å². The van der Waals surface area contributed by atoms with E-state index < -0.39 is 0 Å². The van der Waals surface area contributed by atoms with Crippen molar-refractivity contribution in [2.45, 2.75) is 57.2 Å². The molecule has 0 amide bonds. The van der Waals surface area contributed by atoms with Gasteiger partial charge in [-0.15, -0.1) is 0 Å². The number of pyridine rings is 1. The molecule has 5 unspecified atom stereocenters. The quantitative estimate of drug-likeness (QED) is 0.383. The molecule has 5 atom stereocenters. The van der Waals surface area contributed by atoms with E-state index in [2.05, 4.69) is 111 Å². The third kappa shape index (κ3) is 3.55. The Hall–Kier alpha value is -3.43. The van der Waals surface area contributed by atoms with E-state index in [1.54, 1.807) is 0 Å². The minimum Gasteiger partial charge on any atom is -0.490 e. The molecule has 1 aromatic heterocycles. The molecule has 2 aromatic carbocycles. The zero-order valence-electron chi connectivity index (χ0n) is 21.8. The fourth-order valence-electron chi connectivity index (χ4n) is 7.33. The fourth-order valence-corrected chi connectivity index (χ4v) is 7.33. The van der Waals surface area contributed by atoms with Crippen molar-refractivity contribution >= 4 is 0 Å². The second-order valence-electron chi connectivity index (χ2n) is 11.6. The number of aromatic nitrogens is 1. The number of fused-ring (bicyclic) bond motifs is 7. The van der Waals surface area contributed by atoms with E-state index in [-0.39, 0.29) is 29.5 Å². The number of rotatable bonds is 2. The summed E-state index contributed by atoms with van der Waals surface area (Å²) in [5, 5.41) is 4.17. The maximum atomic E-state index is 6.31. The van der Waals surface area contributed by atoms with Gasteiger partial charge in [-0.05, 0) is 42.2 Å². The number of benzene rings is 2. The molecule has 2 aliphatic carbocycles. The molecule has 2 aliphatic heterocycles. The SMILES string of the molecule is CC1Cc2c(ccc3c2C2NC(c4ccccc4)C=C(C4C=CC=CC4)C2C(C)(C)c2ncccc2-3)O1. The van der Waals surface area contributed by atoms with Crippen molar-refractivity contribution in [3.8, 4) is 16.9 Å². The minimum absolute atomic E-state index is 0.144. The number of nitrogens with zero attached hydrogens (tertiary/aromatic N) is 1. The molecule has 0 saturated heterocycles. The van der Waals surface area contributed by atoms with Crippen LogP contribution in [0.4, 0.5) is 0 Å². The second kappa shape index (κ2) is 8.56. The summed E-state index contributed by atoms with van der Waals surface area (Å²) in [4.78, 5) is 5.07. The summed E-state index contributed by atoms with van der Waals surface area (Å²) in [5.74, 6) is 1.68. The molecule has 0 saturated carbocycles. The zero-order valence-corrected chi connectivity index (χ0v) is 21.8. The summed E-state index contributed by atoms with van der Waals surface area (Å²) in [5.41, 5.74) is 9.20. The number of hydrogen-bond acceptors (Lipinski definition) is 3. The zero-order chi connectivity index (χ0) is 25.1. The predicted molar refractivity (Wildman–Crippen MR) is 150 cm³/mol. The molecule has 0 fully saturated rings. The normalized spacial score (nSPS) is 28.7. The van der Waals surface area contributed by atoms with Crippen molar-refractivity contribution in [3.63, 3.8) is 0 Å². The van der Waals surface area contributed by atoms with Gasteiger partial charge in [-0.3, -0.25) is 10.3 Å². The van der Waals surface area contributed by atoms with Crippen LogP contribution in [0, 0.1) is 11.8 Å². The van der Waals surface area contributed by atoms with Gasteiger partial charge >= 0.3 is 0 Å². The highest BCUT2D eigenvalue weighted by Gasteiger charge is 2.50. The van der Waals surface area contributed by atoms with Crippen LogP contribution in [-0.4, -0.2) is 11.1 Å². The van der Waals surface area contributed by atoms with Crippen LogP contribution in [0.15, 0.2) is 96.7 Å². The van der Waals surface area contributed by atoms with Crippen LogP contribution in [0.5, 0.6) is 5.75 Å². The van der Waals surface area contributed by atoms with E-state index in [0.717, 1.165) is 18.6 Å². The molecular weight excluding hydrogens is 452 g/mol. The van der Waals surface area contributed by atoms with Gasteiger partial charge in [0, 0.05) is 47.0 Å². The van der Waals surface area contributed by atoms with Crippen LogP contribution >= 0.6 is 0 Å². The summed E-state index contributed by atoms with van der Waals surface area (Å²) in [6.45, 7) is 7.00. The van der Waals surface area contributed by atoms with Gasteiger partial charge < -0.3 is 4.74 Å². The lowest BCUT2D eigenvalue weighted by Crippen LogP contribution is -2.46. The standard InChI is InChI=1S/C34H34N2O/c1-21-19-27-29(37-21)17-16-24-25-15-10-18-35-33(25)34(2,3)31-26(22-11-6-4-7-12-22)20-28(36-32(31)30(24)27)23-13-8-5-9-14-23/h4-11,13-18,20-22,28,31-32,36H,12,19H2,1-3H3. The van der Waals surface area contributed by atoms with Crippen LogP contribution in [-0.2, 0) is 11.8 Å². The van der Waals surface area contributed by atoms with Crippen molar-refractivity contribution < 1.29 is 4.74 Å². The van der Waals surface area contributed by atoms with Crippen molar-refractivity contribution in [2.24, 2.45) is 11.8 Å². The Morgan fingerprint density at radius 1 is 0.973 bits per heavy atom. The molecule has 7 rings (SSSR count). The molecule has 3 aromatic rings. The minimum atomic E-state index is -0.173. The monoisotopic (exact) mass is 486 g/mol. The topological polar surface area (TPSA) is 34.2 Å². The first kappa shape index (κ1) is 22.7. The van der Waals surface area contributed by atoms with Crippen molar-refractivity contribution in [3.05, 3.63) is 119 Å². The highest BCUT2D eigenvalue weighted by molar-refractivity contribution is 5.76. The van der Waals surface area contributed by atoms with Gasteiger partial charge in [-0.2, -0.15) is 0 Å². The largest absolute Gasteiger partial charge is 0.490 e. The smallest absolute Gasteiger partial charge is 0.123 e. The van der Waals surface area contributed by atoms with E-state index in [1.165, 1.54) is 39.1 Å². The lowest BCUT2D eigenvalue weighted by molar-refractivity contribution is 0.234. The first-order valence-corrected chi connectivity index (χ1v) is 13.7. The van der Waals surface area contributed by atoms with Gasteiger partial charge in [0.05, 0.1) is 11.7 Å². The molecule has 186 valence electrons. The summed E-state index contributed by atoms with van der Waals surface area (Å²) in [7, 11) is 0. The Balaban J connectivity index is 1.52. The Bertz CT molecular complexity index is 1450. The molecule has 37 heavy (non-hydrogen) atoms. The van der Waals surface area contributed by atoms with Crippen molar-refractivity contribution in [1.29, 1.82) is 0 Å². The lowest BCUT2D eigenvalue weighted by atomic mass is 9.62. The molecule has 3 nitrogen and oxygen atoms in total. The van der Waals surface area contributed by atoms with E-state index in [1.807, 2.05) is 6.20 Å². The lowest BCUT2D eigenvalue weighted by Gasteiger charge is -2.47. The summed E-state index contributed by atoms with van der Waals surface area (Å²) < 4.78 is 6.31. The van der Waals surface area contributed by atoms with Crippen LogP contribution < -0.4 is 10.1 Å². The van der Waals surface area contributed by atoms with E-state index >= 15 is 0 Å². The molecule has 0 spiro atoms. The van der Waals surface area contributed by atoms with E-state index in [4.69, 9.17) is 9.72 Å². The summed E-state index contributed by atoms with van der Waals surface area (Å²) in [6, 6.07) is 20.0. The van der Waals surface area contributed by atoms with Gasteiger partial charge in [0.1, 0.15) is 11.9 Å². The Labute approximate surface area is 220 Å². The molecule has 0 radical (unpaired) electrons. The van der Waals surface area contributed by atoms with Gasteiger partial charge in [-0.1, -0.05) is 92.3 Å². The number of nitrogens with one attached hydrogen (secondary N) is 1. The molecule has 3 heteroatoms.